The van der Waals surface area contributed by atoms with Crippen molar-refractivity contribution in [2.24, 2.45) is 5.41 Å². The van der Waals surface area contributed by atoms with Gasteiger partial charge in [-0.25, -0.2) is 32.5 Å². The zero-order valence-corrected chi connectivity index (χ0v) is 30.2. The van der Waals surface area contributed by atoms with Gasteiger partial charge in [0, 0.05) is 36.5 Å². The Bertz CT molecular complexity index is 1780. The standard InChI is InChI=1S/C34H44FN7O6S2/c1-22-15-46-16-23(2)42(22)33(43)28-12-25(35)4-7-29(28)48-30-13-36-21-37-32(30)41-19-34(20-41)8-10-40(11-9-34)14-27-6-5-26(17-47-27)39-50(44,45)31-18-49-24(3)38-31/h4,7,12-13,18,21-23,26-27,39H,5-6,8-11,14-17,19-20H2,1-3H3/t22-,23-,26-,27+/m1/s1. The highest BCUT2D eigenvalue weighted by atomic mass is 32.2. The molecule has 0 aliphatic carbocycles. The number of hydrogen-bond donors (Lipinski definition) is 1. The lowest BCUT2D eigenvalue weighted by molar-refractivity contribution is -0.0299. The summed E-state index contributed by atoms with van der Waals surface area (Å²) in [5.74, 6) is 0.500. The number of likely N-dealkylation sites (tertiary alicyclic amines) is 1. The molecule has 0 unspecified atom stereocenters. The summed E-state index contributed by atoms with van der Waals surface area (Å²) < 4.78 is 60.5. The van der Waals surface area contributed by atoms with Gasteiger partial charge in [-0.05, 0) is 77.7 Å². The van der Waals surface area contributed by atoms with Gasteiger partial charge in [-0.15, -0.1) is 11.3 Å². The highest BCUT2D eigenvalue weighted by Crippen LogP contribution is 2.45. The summed E-state index contributed by atoms with van der Waals surface area (Å²) >= 11 is 1.32. The van der Waals surface area contributed by atoms with Gasteiger partial charge in [0.15, 0.2) is 16.6 Å². The number of thiazole rings is 1. The first-order valence-corrected chi connectivity index (χ1v) is 19.6. The fourth-order valence-electron chi connectivity index (χ4n) is 7.56. The molecule has 4 atom stereocenters. The van der Waals surface area contributed by atoms with Crippen LogP contribution in [-0.4, -0.2) is 116 Å². The maximum Gasteiger partial charge on any atom is 0.259 e. The lowest BCUT2D eigenvalue weighted by Crippen LogP contribution is -2.61. The number of morpholine rings is 1. The molecule has 1 aromatic carbocycles. The molecule has 4 aliphatic rings. The van der Waals surface area contributed by atoms with Crippen LogP contribution < -0.4 is 14.4 Å². The van der Waals surface area contributed by atoms with Crippen molar-refractivity contribution in [2.75, 3.05) is 57.4 Å². The number of aryl methyl sites for hydroxylation is 1. The molecule has 1 spiro atoms. The number of nitrogens with one attached hydrogen (secondary N) is 1. The van der Waals surface area contributed by atoms with Crippen molar-refractivity contribution in [1.29, 1.82) is 0 Å². The molecule has 1 amide bonds. The van der Waals surface area contributed by atoms with E-state index in [2.05, 4.69) is 29.5 Å². The lowest BCUT2D eigenvalue weighted by Gasteiger charge is -2.54. The van der Waals surface area contributed by atoms with Gasteiger partial charge in [-0.1, -0.05) is 0 Å². The van der Waals surface area contributed by atoms with Crippen molar-refractivity contribution < 1.29 is 31.8 Å². The minimum absolute atomic E-state index is 0.0721. The van der Waals surface area contributed by atoms with E-state index in [9.17, 15) is 17.6 Å². The van der Waals surface area contributed by atoms with Crippen LogP contribution in [0.4, 0.5) is 10.2 Å². The van der Waals surface area contributed by atoms with Gasteiger partial charge in [0.2, 0.25) is 0 Å². The van der Waals surface area contributed by atoms with Crippen LogP contribution in [0.25, 0.3) is 0 Å². The second kappa shape index (κ2) is 14.4. The second-order valence-corrected chi connectivity index (χ2v) is 16.8. The second-order valence-electron chi connectivity index (χ2n) is 14.1. The van der Waals surface area contributed by atoms with Crippen molar-refractivity contribution in [3.8, 4) is 11.5 Å². The molecule has 0 saturated carbocycles. The van der Waals surface area contributed by atoms with Crippen molar-refractivity contribution in [1.82, 2.24) is 29.5 Å². The van der Waals surface area contributed by atoms with E-state index in [4.69, 9.17) is 14.2 Å². The highest BCUT2D eigenvalue weighted by molar-refractivity contribution is 7.89. The number of nitrogens with zero attached hydrogens (tertiary/aromatic N) is 6. The molecule has 3 aromatic rings. The zero-order chi connectivity index (χ0) is 35.0. The Labute approximate surface area is 296 Å². The molecule has 1 N–H and O–H groups in total. The van der Waals surface area contributed by atoms with Crippen LogP contribution in [-0.2, 0) is 19.5 Å². The van der Waals surface area contributed by atoms with Gasteiger partial charge in [0.1, 0.15) is 17.9 Å². The predicted octanol–water partition coefficient (Wildman–Crippen LogP) is 3.85. The topological polar surface area (TPSA) is 139 Å². The Morgan fingerprint density at radius 1 is 1.12 bits per heavy atom. The number of benzene rings is 1. The summed E-state index contributed by atoms with van der Waals surface area (Å²) in [6.45, 7) is 11.2. The van der Waals surface area contributed by atoms with E-state index in [0.717, 1.165) is 63.4 Å². The summed E-state index contributed by atoms with van der Waals surface area (Å²) in [5.41, 5.74) is 0.320. The first-order chi connectivity index (χ1) is 24.0. The summed E-state index contributed by atoms with van der Waals surface area (Å²) in [6.07, 6.45) is 6.75. The third-order valence-electron chi connectivity index (χ3n) is 10.2. The molecular weight excluding hydrogens is 686 g/mol. The van der Waals surface area contributed by atoms with Gasteiger partial charge in [0.05, 0.1) is 54.8 Å². The number of rotatable bonds is 9. The van der Waals surface area contributed by atoms with Crippen LogP contribution in [0.3, 0.4) is 0 Å². The van der Waals surface area contributed by atoms with Crippen LogP contribution >= 0.6 is 11.3 Å². The molecular formula is C34H44FN7O6S2. The minimum Gasteiger partial charge on any atom is -0.451 e. The van der Waals surface area contributed by atoms with Gasteiger partial charge in [-0.2, -0.15) is 0 Å². The maximum atomic E-state index is 14.4. The normalized spacial score (nSPS) is 25.8. The number of aromatic nitrogens is 3. The Morgan fingerprint density at radius 3 is 2.56 bits per heavy atom. The van der Waals surface area contributed by atoms with Crippen LogP contribution in [0.5, 0.6) is 11.5 Å². The largest absolute Gasteiger partial charge is 0.451 e. The van der Waals surface area contributed by atoms with Gasteiger partial charge >= 0.3 is 0 Å². The molecule has 16 heteroatoms. The molecule has 4 saturated heterocycles. The van der Waals surface area contributed by atoms with E-state index in [-0.39, 0.29) is 51.9 Å². The SMILES string of the molecule is Cc1nc(S(=O)(=O)N[C@@H]2CC[C@@H](CN3CCC4(CC3)CN(c3ncncc3Oc3ccc(F)cc3C(=O)N3[C@H](C)COC[C@H]3C)C4)OC2)cs1. The average Bonchev–Trinajstić information content (AvgIpc) is 3.53. The van der Waals surface area contributed by atoms with E-state index in [1.54, 1.807) is 23.4 Å². The van der Waals surface area contributed by atoms with E-state index in [1.165, 1.54) is 35.9 Å². The van der Waals surface area contributed by atoms with Crippen molar-refractivity contribution in [2.45, 2.75) is 75.7 Å². The van der Waals surface area contributed by atoms with E-state index in [0.29, 0.717) is 31.4 Å². The number of carbonyl (C=O) groups excluding carboxylic acids is 1. The monoisotopic (exact) mass is 729 g/mol. The van der Waals surface area contributed by atoms with Gasteiger partial charge < -0.3 is 28.9 Å². The Balaban J connectivity index is 0.916. The number of anilines is 1. The van der Waals surface area contributed by atoms with Crippen molar-refractivity contribution >= 4 is 33.1 Å². The molecule has 4 fully saturated rings. The third kappa shape index (κ3) is 7.51. The van der Waals surface area contributed by atoms with Crippen LogP contribution in [0.2, 0.25) is 0 Å². The number of carbonyl (C=O) groups is 1. The summed E-state index contributed by atoms with van der Waals surface area (Å²) in [6, 6.07) is 3.43. The Kier molecular flexibility index (Phi) is 10.1. The summed E-state index contributed by atoms with van der Waals surface area (Å²) in [5, 5.41) is 2.36. The van der Waals surface area contributed by atoms with Crippen LogP contribution in [0.15, 0.2) is 41.1 Å². The summed E-state index contributed by atoms with van der Waals surface area (Å²) in [4.78, 5) is 32.9. The predicted molar refractivity (Wildman–Crippen MR) is 185 cm³/mol. The quantitative estimate of drug-likeness (QED) is 0.344. The first kappa shape index (κ1) is 35.1. The number of halogens is 1. The Morgan fingerprint density at radius 2 is 1.88 bits per heavy atom. The van der Waals surface area contributed by atoms with Gasteiger partial charge in [0.25, 0.3) is 15.9 Å². The molecule has 4 aliphatic heterocycles. The first-order valence-electron chi connectivity index (χ1n) is 17.2. The number of piperidine rings is 1. The molecule has 7 rings (SSSR count). The molecule has 13 nitrogen and oxygen atoms in total. The molecule has 50 heavy (non-hydrogen) atoms. The molecule has 0 radical (unpaired) electrons. The molecule has 6 heterocycles. The molecule has 270 valence electrons. The third-order valence-corrected chi connectivity index (χ3v) is 12.6. The molecule has 0 bridgehead atoms. The zero-order valence-electron chi connectivity index (χ0n) is 28.6. The number of amides is 1. The van der Waals surface area contributed by atoms with Crippen LogP contribution in [0, 0.1) is 18.2 Å². The number of hydrogen-bond acceptors (Lipinski definition) is 12. The smallest absolute Gasteiger partial charge is 0.259 e. The highest BCUT2D eigenvalue weighted by Gasteiger charge is 2.46. The van der Waals surface area contributed by atoms with E-state index in [1.807, 2.05) is 13.8 Å². The summed E-state index contributed by atoms with van der Waals surface area (Å²) in [7, 11) is -3.65. The fourth-order valence-corrected chi connectivity index (χ4v) is 9.74. The Hall–Kier alpha value is -3.28. The maximum absolute atomic E-state index is 14.4. The van der Waals surface area contributed by atoms with E-state index < -0.39 is 15.8 Å². The average molecular weight is 730 g/mol. The van der Waals surface area contributed by atoms with Crippen molar-refractivity contribution in [3.63, 3.8) is 0 Å². The fraction of sp³-hybridized carbons (Fsp3) is 0.588. The van der Waals surface area contributed by atoms with Crippen LogP contribution in [0.1, 0.15) is 54.9 Å². The van der Waals surface area contributed by atoms with Gasteiger partial charge in [-0.3, -0.25) is 4.79 Å². The lowest BCUT2D eigenvalue weighted by atomic mass is 9.72. The van der Waals surface area contributed by atoms with E-state index >= 15 is 0 Å². The van der Waals surface area contributed by atoms with Crippen molar-refractivity contribution in [3.05, 3.63) is 52.5 Å². The minimum atomic E-state index is -3.65. The number of sulfonamides is 1. The molecule has 2 aromatic heterocycles. The number of ether oxygens (including phenoxy) is 3.